The monoisotopic (exact) mass is 142 g/mol. The number of nitrogens with two attached hydrogens (primary N) is 1. The second kappa shape index (κ2) is 3.12. The van der Waals surface area contributed by atoms with Gasteiger partial charge in [0.25, 0.3) is 0 Å². The molecule has 0 amide bonds. The smallest absolute Gasteiger partial charge is 0.136 e. The van der Waals surface area contributed by atoms with Gasteiger partial charge in [0, 0.05) is 12.1 Å². The van der Waals surface area contributed by atoms with Crippen molar-refractivity contribution in [3.05, 3.63) is 0 Å². The van der Waals surface area contributed by atoms with Crippen LogP contribution < -0.4 is 11.1 Å². The van der Waals surface area contributed by atoms with Crippen molar-refractivity contribution in [1.82, 2.24) is 5.32 Å². The van der Waals surface area contributed by atoms with Crippen molar-refractivity contribution in [3.8, 4) is 0 Å². The Bertz CT molecular complexity index is 127. The highest BCUT2D eigenvalue weighted by molar-refractivity contribution is 5.57. The summed E-state index contributed by atoms with van der Waals surface area (Å²) in [6.07, 6.45) is 2.80. The second-order valence-corrected chi connectivity index (χ2v) is 2.94. The summed E-state index contributed by atoms with van der Waals surface area (Å²) in [6.45, 7) is 2.01. The van der Waals surface area contributed by atoms with Gasteiger partial charge in [-0.05, 0) is 19.8 Å². The van der Waals surface area contributed by atoms with E-state index in [0.29, 0.717) is 0 Å². The van der Waals surface area contributed by atoms with E-state index in [2.05, 4.69) is 5.32 Å². The Labute approximate surface area is 61.0 Å². The van der Waals surface area contributed by atoms with Crippen LogP contribution in [0.1, 0.15) is 19.8 Å². The Morgan fingerprint density at radius 3 is 2.80 bits per heavy atom. The third-order valence-corrected chi connectivity index (χ3v) is 2.09. The van der Waals surface area contributed by atoms with Crippen molar-refractivity contribution in [3.63, 3.8) is 0 Å². The zero-order valence-electron chi connectivity index (χ0n) is 6.21. The Hall–Kier alpha value is -0.410. The first-order valence-corrected chi connectivity index (χ1v) is 3.71. The zero-order chi connectivity index (χ0) is 7.56. The van der Waals surface area contributed by atoms with Gasteiger partial charge in [0.2, 0.25) is 0 Å². The lowest BCUT2D eigenvalue weighted by atomic mass is 9.96. The van der Waals surface area contributed by atoms with Crippen LogP contribution in [0.3, 0.4) is 0 Å². The maximum Gasteiger partial charge on any atom is 0.136 e. The summed E-state index contributed by atoms with van der Waals surface area (Å²) < 4.78 is 0. The molecule has 1 saturated heterocycles. The number of carbonyl (C=O) groups is 1. The lowest BCUT2D eigenvalue weighted by molar-refractivity contribution is -0.110. The quantitative estimate of drug-likeness (QED) is 0.492. The summed E-state index contributed by atoms with van der Waals surface area (Å²) in [7, 11) is 0. The SMILES string of the molecule is CC1NC(C=O)CCC1N. The topological polar surface area (TPSA) is 55.1 Å². The van der Waals surface area contributed by atoms with Gasteiger partial charge in [-0.25, -0.2) is 0 Å². The fraction of sp³-hybridized carbons (Fsp3) is 0.857. The molecule has 1 aliphatic rings. The van der Waals surface area contributed by atoms with Crippen molar-refractivity contribution in [2.75, 3.05) is 0 Å². The molecule has 1 fully saturated rings. The molecular weight excluding hydrogens is 128 g/mol. The van der Waals surface area contributed by atoms with E-state index < -0.39 is 0 Å². The Morgan fingerprint density at radius 1 is 1.60 bits per heavy atom. The normalized spacial score (nSPS) is 41.2. The van der Waals surface area contributed by atoms with Gasteiger partial charge in [0.1, 0.15) is 6.29 Å². The van der Waals surface area contributed by atoms with Gasteiger partial charge in [0.05, 0.1) is 6.04 Å². The summed E-state index contributed by atoms with van der Waals surface area (Å²) in [4.78, 5) is 10.3. The molecule has 0 spiro atoms. The molecule has 0 aliphatic carbocycles. The molecule has 0 radical (unpaired) electrons. The van der Waals surface area contributed by atoms with Crippen molar-refractivity contribution >= 4 is 6.29 Å². The van der Waals surface area contributed by atoms with Crippen molar-refractivity contribution in [1.29, 1.82) is 0 Å². The summed E-state index contributed by atoms with van der Waals surface area (Å²) in [5.41, 5.74) is 5.72. The van der Waals surface area contributed by atoms with E-state index in [4.69, 9.17) is 5.73 Å². The molecule has 3 atom stereocenters. The predicted molar refractivity (Wildman–Crippen MR) is 39.7 cm³/mol. The minimum absolute atomic E-state index is 0.0369. The third-order valence-electron chi connectivity index (χ3n) is 2.09. The van der Waals surface area contributed by atoms with E-state index >= 15 is 0 Å². The largest absolute Gasteiger partial charge is 0.326 e. The van der Waals surface area contributed by atoms with Crippen LogP contribution in [0.15, 0.2) is 0 Å². The lowest BCUT2D eigenvalue weighted by Crippen LogP contribution is -2.52. The number of rotatable bonds is 1. The van der Waals surface area contributed by atoms with Crippen LogP contribution in [0.25, 0.3) is 0 Å². The number of piperidine rings is 1. The molecule has 3 unspecified atom stereocenters. The average molecular weight is 142 g/mol. The molecule has 0 saturated carbocycles. The molecule has 0 aromatic carbocycles. The summed E-state index contributed by atoms with van der Waals surface area (Å²) in [5.74, 6) is 0. The molecule has 1 aliphatic heterocycles. The van der Waals surface area contributed by atoms with Crippen LogP contribution in [0, 0.1) is 0 Å². The van der Waals surface area contributed by atoms with E-state index in [9.17, 15) is 4.79 Å². The van der Waals surface area contributed by atoms with Crippen molar-refractivity contribution in [2.24, 2.45) is 5.73 Å². The highest BCUT2D eigenvalue weighted by atomic mass is 16.1. The summed E-state index contributed by atoms with van der Waals surface area (Å²) in [5, 5.41) is 3.12. The van der Waals surface area contributed by atoms with Crippen LogP contribution >= 0.6 is 0 Å². The van der Waals surface area contributed by atoms with E-state index in [1.807, 2.05) is 6.92 Å². The van der Waals surface area contributed by atoms with Gasteiger partial charge in [-0.3, -0.25) is 0 Å². The first kappa shape index (κ1) is 7.69. The minimum atomic E-state index is 0.0369. The second-order valence-electron chi connectivity index (χ2n) is 2.94. The number of hydrogen-bond donors (Lipinski definition) is 2. The van der Waals surface area contributed by atoms with Crippen LogP contribution in [0.5, 0.6) is 0 Å². The summed E-state index contributed by atoms with van der Waals surface area (Å²) in [6, 6.07) is 0.537. The number of hydrogen-bond acceptors (Lipinski definition) is 3. The zero-order valence-corrected chi connectivity index (χ0v) is 6.21. The van der Waals surface area contributed by atoms with E-state index in [1.165, 1.54) is 0 Å². The van der Waals surface area contributed by atoms with Crippen LogP contribution in [-0.4, -0.2) is 24.4 Å². The van der Waals surface area contributed by atoms with Crippen LogP contribution in [-0.2, 0) is 4.79 Å². The Balaban J connectivity index is 2.40. The third kappa shape index (κ3) is 1.55. The van der Waals surface area contributed by atoms with Crippen LogP contribution in [0.2, 0.25) is 0 Å². The average Bonchev–Trinajstić information content (AvgIpc) is 1.95. The molecule has 3 nitrogen and oxygen atoms in total. The number of nitrogens with one attached hydrogen (secondary N) is 1. The molecule has 0 aromatic rings. The number of carbonyl (C=O) groups excluding carboxylic acids is 1. The minimum Gasteiger partial charge on any atom is -0.326 e. The molecule has 1 heterocycles. The molecule has 1 rings (SSSR count). The highest BCUT2D eigenvalue weighted by Gasteiger charge is 2.22. The highest BCUT2D eigenvalue weighted by Crippen LogP contribution is 2.09. The molecule has 10 heavy (non-hydrogen) atoms. The summed E-state index contributed by atoms with van der Waals surface area (Å²) >= 11 is 0. The predicted octanol–water partition coefficient (Wildman–Crippen LogP) is -0.347. The van der Waals surface area contributed by atoms with Gasteiger partial charge in [-0.1, -0.05) is 0 Å². The Morgan fingerprint density at radius 2 is 2.30 bits per heavy atom. The first-order valence-electron chi connectivity index (χ1n) is 3.71. The van der Waals surface area contributed by atoms with E-state index in [1.54, 1.807) is 0 Å². The van der Waals surface area contributed by atoms with E-state index in [-0.39, 0.29) is 18.1 Å². The fourth-order valence-electron chi connectivity index (χ4n) is 1.27. The first-order chi connectivity index (χ1) is 4.74. The Kier molecular flexibility index (Phi) is 2.40. The van der Waals surface area contributed by atoms with Gasteiger partial charge in [-0.2, -0.15) is 0 Å². The molecule has 3 N–H and O–H groups in total. The number of aldehydes is 1. The molecule has 3 heteroatoms. The maximum atomic E-state index is 10.3. The van der Waals surface area contributed by atoms with Gasteiger partial charge < -0.3 is 15.8 Å². The van der Waals surface area contributed by atoms with Gasteiger partial charge in [-0.15, -0.1) is 0 Å². The standard InChI is InChI=1S/C7H14N2O/c1-5-7(8)3-2-6(4-10)9-5/h4-7,9H,2-3,8H2,1H3. The molecule has 0 aromatic heterocycles. The maximum absolute atomic E-state index is 10.3. The van der Waals surface area contributed by atoms with Gasteiger partial charge >= 0.3 is 0 Å². The molecule has 0 bridgehead atoms. The van der Waals surface area contributed by atoms with Crippen molar-refractivity contribution in [2.45, 2.75) is 37.9 Å². The van der Waals surface area contributed by atoms with Crippen LogP contribution in [0.4, 0.5) is 0 Å². The fourth-order valence-corrected chi connectivity index (χ4v) is 1.27. The molecular formula is C7H14N2O. The van der Waals surface area contributed by atoms with Gasteiger partial charge in [0.15, 0.2) is 0 Å². The van der Waals surface area contributed by atoms with E-state index in [0.717, 1.165) is 19.1 Å². The van der Waals surface area contributed by atoms with Crippen molar-refractivity contribution < 1.29 is 4.79 Å². The lowest BCUT2D eigenvalue weighted by Gasteiger charge is -2.30. The molecule has 58 valence electrons.